The van der Waals surface area contributed by atoms with Gasteiger partial charge in [-0.15, -0.1) is 12.4 Å². The number of nitrogens with one attached hydrogen (secondary N) is 1. The van der Waals surface area contributed by atoms with Crippen molar-refractivity contribution in [3.05, 3.63) is 29.6 Å². The number of morpholine rings is 1. The first-order valence-corrected chi connectivity index (χ1v) is 8.63. The summed E-state index contributed by atoms with van der Waals surface area (Å²) in [6, 6.07) is 1.85. The molecule has 0 radical (unpaired) electrons. The Kier molecular flexibility index (Phi) is 7.56. The van der Waals surface area contributed by atoms with Gasteiger partial charge in [0.1, 0.15) is 0 Å². The Hall–Kier alpha value is -1.96. The van der Waals surface area contributed by atoms with Crippen LogP contribution in [0, 0.1) is 5.92 Å². The first kappa shape index (κ1) is 20.4. The maximum atomic E-state index is 12.3. The second-order valence-corrected chi connectivity index (χ2v) is 6.42. The molecule has 0 saturated carbocycles. The fraction of sp³-hybridized carbons (Fsp3) is 0.500. The fourth-order valence-electron chi connectivity index (χ4n) is 3.26. The minimum Gasteiger partial charge on any atom is -0.478 e. The number of halogens is 1. The van der Waals surface area contributed by atoms with Gasteiger partial charge in [0.05, 0.1) is 30.8 Å². The van der Waals surface area contributed by atoms with E-state index in [1.165, 1.54) is 6.08 Å². The molecule has 1 saturated heterocycles. The smallest absolute Gasteiger partial charge is 0.328 e. The number of hydrogen-bond acceptors (Lipinski definition) is 5. The van der Waals surface area contributed by atoms with Gasteiger partial charge in [-0.25, -0.2) is 4.79 Å². The van der Waals surface area contributed by atoms with Crippen LogP contribution in [0.15, 0.2) is 18.3 Å². The zero-order valence-electron chi connectivity index (χ0n) is 14.5. The number of carbonyl (C=O) groups is 2. The van der Waals surface area contributed by atoms with Crippen molar-refractivity contribution < 1.29 is 19.4 Å². The molecule has 1 amide bonds. The number of hydrogen-bond donors (Lipinski definition) is 2. The molecule has 2 N–H and O–H groups in total. The van der Waals surface area contributed by atoms with Gasteiger partial charge in [-0.1, -0.05) is 0 Å². The minimum absolute atomic E-state index is 0. The van der Waals surface area contributed by atoms with Crippen LogP contribution in [-0.2, 0) is 20.7 Å². The normalized spacial score (nSPS) is 20.3. The molecule has 2 aliphatic rings. The first-order valence-electron chi connectivity index (χ1n) is 8.63. The summed E-state index contributed by atoms with van der Waals surface area (Å²) in [4.78, 5) is 29.4. The number of ether oxygens (including phenoxy) is 1. The van der Waals surface area contributed by atoms with Crippen LogP contribution in [-0.4, -0.2) is 59.7 Å². The van der Waals surface area contributed by atoms with Gasteiger partial charge in [0, 0.05) is 25.1 Å². The van der Waals surface area contributed by atoms with E-state index in [9.17, 15) is 9.59 Å². The standard InChI is InChI=1S/C18H23N3O4.ClH/c22-17(23)4-3-15-11-14-10-13(18(24)20-16(14)12-19-15)2-1-5-21-6-8-25-9-7-21;/h3-4,11-13H,1-2,5-10H2,(H,20,24)(H,22,23);1H/b4-3+;. The molecule has 1 fully saturated rings. The Labute approximate surface area is 158 Å². The predicted molar refractivity (Wildman–Crippen MR) is 100 cm³/mol. The van der Waals surface area contributed by atoms with Gasteiger partial charge in [-0.3, -0.25) is 14.7 Å². The molecule has 7 nitrogen and oxygen atoms in total. The van der Waals surface area contributed by atoms with E-state index in [-0.39, 0.29) is 24.2 Å². The second kappa shape index (κ2) is 9.66. The van der Waals surface area contributed by atoms with Crippen LogP contribution < -0.4 is 5.32 Å². The van der Waals surface area contributed by atoms with Gasteiger partial charge in [-0.05, 0) is 43.5 Å². The first-order chi connectivity index (χ1) is 12.1. The van der Waals surface area contributed by atoms with E-state index in [1.54, 1.807) is 6.20 Å². The molecule has 26 heavy (non-hydrogen) atoms. The predicted octanol–water partition coefficient (Wildman–Crippen LogP) is 1.82. The lowest BCUT2D eigenvalue weighted by molar-refractivity contribution is -0.131. The van der Waals surface area contributed by atoms with Gasteiger partial charge in [0.25, 0.3) is 0 Å². The number of aliphatic carboxylic acids is 1. The maximum absolute atomic E-state index is 12.3. The highest BCUT2D eigenvalue weighted by Gasteiger charge is 2.26. The molecule has 8 heteroatoms. The number of fused-ring (bicyclic) bond motifs is 1. The highest BCUT2D eigenvalue weighted by atomic mass is 35.5. The molecule has 0 bridgehead atoms. The lowest BCUT2D eigenvalue weighted by atomic mass is 9.90. The number of carboxylic acid groups (broad SMARTS) is 1. The Morgan fingerprint density at radius 3 is 2.92 bits per heavy atom. The summed E-state index contributed by atoms with van der Waals surface area (Å²) in [5, 5.41) is 11.6. The lowest BCUT2D eigenvalue weighted by Gasteiger charge is -2.28. The van der Waals surface area contributed by atoms with E-state index in [0.717, 1.165) is 63.0 Å². The molecule has 1 unspecified atom stereocenters. The van der Waals surface area contributed by atoms with Crippen molar-refractivity contribution in [2.24, 2.45) is 5.92 Å². The topological polar surface area (TPSA) is 91.8 Å². The number of amides is 1. The summed E-state index contributed by atoms with van der Waals surface area (Å²) in [5.41, 5.74) is 2.32. The Bertz CT molecular complexity index is 674. The highest BCUT2D eigenvalue weighted by Crippen LogP contribution is 2.28. The molecule has 0 aromatic carbocycles. The van der Waals surface area contributed by atoms with Crippen LogP contribution in [0.4, 0.5) is 5.69 Å². The third-order valence-corrected chi connectivity index (χ3v) is 4.63. The number of carboxylic acids is 1. The van der Waals surface area contributed by atoms with Crippen LogP contribution in [0.1, 0.15) is 24.1 Å². The summed E-state index contributed by atoms with van der Waals surface area (Å²) in [6.45, 7) is 4.49. The molecular weight excluding hydrogens is 358 g/mol. The van der Waals surface area contributed by atoms with Gasteiger partial charge >= 0.3 is 5.97 Å². The van der Waals surface area contributed by atoms with E-state index in [4.69, 9.17) is 9.84 Å². The molecule has 3 heterocycles. The molecule has 3 rings (SSSR count). The van der Waals surface area contributed by atoms with E-state index >= 15 is 0 Å². The van der Waals surface area contributed by atoms with Crippen molar-refractivity contribution in [1.29, 1.82) is 0 Å². The summed E-state index contributed by atoms with van der Waals surface area (Å²) in [7, 11) is 0. The Balaban J connectivity index is 0.00000243. The number of rotatable bonds is 6. The largest absolute Gasteiger partial charge is 0.478 e. The van der Waals surface area contributed by atoms with Crippen molar-refractivity contribution >= 4 is 36.0 Å². The molecule has 1 aromatic heterocycles. The van der Waals surface area contributed by atoms with Crippen LogP contribution in [0.2, 0.25) is 0 Å². The molecule has 142 valence electrons. The SMILES string of the molecule is Cl.O=C(O)/C=C/c1cc2c(cn1)NC(=O)C(CCCN1CCOCC1)C2. The van der Waals surface area contributed by atoms with Crippen molar-refractivity contribution in [1.82, 2.24) is 9.88 Å². The fourth-order valence-corrected chi connectivity index (χ4v) is 3.26. The van der Waals surface area contributed by atoms with E-state index < -0.39 is 5.97 Å². The zero-order valence-corrected chi connectivity index (χ0v) is 15.3. The molecular formula is C18H24ClN3O4. The number of anilines is 1. The highest BCUT2D eigenvalue weighted by molar-refractivity contribution is 5.95. The third-order valence-electron chi connectivity index (χ3n) is 4.63. The summed E-state index contributed by atoms with van der Waals surface area (Å²) >= 11 is 0. The molecule has 0 spiro atoms. The second-order valence-electron chi connectivity index (χ2n) is 6.42. The number of aromatic nitrogens is 1. The van der Waals surface area contributed by atoms with Gasteiger partial charge in [-0.2, -0.15) is 0 Å². The van der Waals surface area contributed by atoms with Crippen molar-refractivity contribution in [2.75, 3.05) is 38.2 Å². The monoisotopic (exact) mass is 381 g/mol. The summed E-state index contributed by atoms with van der Waals surface area (Å²) in [6.07, 6.45) is 6.61. The minimum atomic E-state index is -1.01. The number of nitrogens with zero attached hydrogens (tertiary/aromatic N) is 2. The summed E-state index contributed by atoms with van der Waals surface area (Å²) in [5.74, 6) is -1.01. The molecule has 1 aromatic rings. The van der Waals surface area contributed by atoms with Crippen LogP contribution in [0.3, 0.4) is 0 Å². The molecule has 1 atom stereocenters. The Morgan fingerprint density at radius 2 is 2.19 bits per heavy atom. The Morgan fingerprint density at radius 1 is 1.42 bits per heavy atom. The third kappa shape index (κ3) is 5.52. The lowest BCUT2D eigenvalue weighted by Crippen LogP contribution is -2.37. The van der Waals surface area contributed by atoms with Crippen molar-refractivity contribution in [3.8, 4) is 0 Å². The number of carbonyl (C=O) groups excluding carboxylic acids is 1. The van der Waals surface area contributed by atoms with Gasteiger partial charge < -0.3 is 15.2 Å². The average Bonchev–Trinajstić information content (AvgIpc) is 2.61. The van der Waals surface area contributed by atoms with E-state index in [1.807, 2.05) is 6.07 Å². The van der Waals surface area contributed by atoms with E-state index in [0.29, 0.717) is 12.1 Å². The number of pyridine rings is 1. The van der Waals surface area contributed by atoms with E-state index in [2.05, 4.69) is 15.2 Å². The molecule has 2 aliphatic heterocycles. The van der Waals surface area contributed by atoms with Gasteiger partial charge in [0.15, 0.2) is 0 Å². The van der Waals surface area contributed by atoms with Crippen molar-refractivity contribution in [2.45, 2.75) is 19.3 Å². The quantitative estimate of drug-likeness (QED) is 0.730. The van der Waals surface area contributed by atoms with Crippen LogP contribution >= 0.6 is 12.4 Å². The summed E-state index contributed by atoms with van der Waals surface area (Å²) < 4.78 is 5.34. The van der Waals surface area contributed by atoms with Crippen LogP contribution in [0.5, 0.6) is 0 Å². The average molecular weight is 382 g/mol. The zero-order chi connectivity index (χ0) is 17.6. The van der Waals surface area contributed by atoms with Gasteiger partial charge in [0.2, 0.25) is 5.91 Å². The van der Waals surface area contributed by atoms with Crippen LogP contribution in [0.25, 0.3) is 6.08 Å². The van der Waals surface area contributed by atoms with Crippen molar-refractivity contribution in [3.63, 3.8) is 0 Å². The maximum Gasteiger partial charge on any atom is 0.328 e. The molecule has 0 aliphatic carbocycles.